The number of benzene rings is 1. The average molecular weight is 405 g/mol. The molecule has 5 heterocycles. The first kappa shape index (κ1) is 18.3. The maximum Gasteiger partial charge on any atom is 0.183 e. The molecule has 30 heavy (non-hydrogen) atoms. The van der Waals surface area contributed by atoms with Gasteiger partial charge >= 0.3 is 0 Å². The van der Waals surface area contributed by atoms with Crippen LogP contribution in [0, 0.1) is 18.8 Å². The summed E-state index contributed by atoms with van der Waals surface area (Å²) in [6.45, 7) is 7.32. The molecule has 6 nitrogen and oxygen atoms in total. The van der Waals surface area contributed by atoms with Crippen LogP contribution in [0.2, 0.25) is 0 Å². The first-order valence-electron chi connectivity index (χ1n) is 11.0. The molecule has 0 amide bonds. The molecule has 156 valence electrons. The van der Waals surface area contributed by atoms with Crippen molar-refractivity contribution in [2.75, 3.05) is 31.2 Å². The summed E-state index contributed by atoms with van der Waals surface area (Å²) >= 11 is 0. The number of aryl methyl sites for hydroxylation is 1. The van der Waals surface area contributed by atoms with Gasteiger partial charge < -0.3 is 14.7 Å². The number of ether oxygens (including phenoxy) is 1. The van der Waals surface area contributed by atoms with Crippen molar-refractivity contribution in [2.24, 2.45) is 11.8 Å². The standard InChI is InChI=1S/C24H28N4O2/c1-16-10-19(27-9-8-23(2,15-27)18-6-4-3-5-7-18)12-28-21(16)25-22(26-28)24-11-17(14-30-24)20(24)13-29/h3-7,10,12,17,20,29H,8-9,11,13-15H2,1-2H3/t17?,20?,23-,24?/m0/s1. The molecule has 6 heteroatoms. The quantitative estimate of drug-likeness (QED) is 0.724. The van der Waals surface area contributed by atoms with Crippen molar-refractivity contribution in [1.29, 1.82) is 0 Å². The van der Waals surface area contributed by atoms with Gasteiger partial charge in [-0.25, -0.2) is 9.50 Å². The largest absolute Gasteiger partial charge is 0.396 e. The lowest BCUT2D eigenvalue weighted by molar-refractivity contribution is -0.0837. The molecule has 0 radical (unpaired) electrons. The van der Waals surface area contributed by atoms with Gasteiger partial charge in [-0.1, -0.05) is 37.3 Å². The van der Waals surface area contributed by atoms with Crippen molar-refractivity contribution in [3.05, 3.63) is 59.5 Å². The zero-order chi connectivity index (χ0) is 20.5. The number of aliphatic hydroxyl groups excluding tert-OH is 1. The fourth-order valence-corrected chi connectivity index (χ4v) is 5.86. The minimum Gasteiger partial charge on any atom is -0.396 e. The van der Waals surface area contributed by atoms with Gasteiger partial charge in [0.2, 0.25) is 0 Å². The normalized spacial score (nSPS) is 32.7. The van der Waals surface area contributed by atoms with Gasteiger partial charge in [0, 0.05) is 31.0 Å². The van der Waals surface area contributed by atoms with Crippen LogP contribution in [0.1, 0.15) is 36.7 Å². The highest BCUT2D eigenvalue weighted by molar-refractivity contribution is 5.58. The van der Waals surface area contributed by atoms with Crippen LogP contribution in [0.25, 0.3) is 5.65 Å². The maximum atomic E-state index is 9.80. The fraction of sp³-hybridized carbons (Fsp3) is 0.500. The summed E-state index contributed by atoms with van der Waals surface area (Å²) in [5.74, 6) is 1.30. The lowest BCUT2D eigenvalue weighted by Crippen LogP contribution is -2.47. The van der Waals surface area contributed by atoms with E-state index in [-0.39, 0.29) is 17.9 Å². The van der Waals surface area contributed by atoms with E-state index in [1.807, 2.05) is 4.52 Å². The van der Waals surface area contributed by atoms with Crippen molar-refractivity contribution in [1.82, 2.24) is 14.6 Å². The SMILES string of the molecule is Cc1cc(N2CC[C@](C)(c3ccccc3)C2)cn2nc(C34CC(CO3)C4CO)nc12. The van der Waals surface area contributed by atoms with Crippen molar-refractivity contribution in [3.8, 4) is 0 Å². The van der Waals surface area contributed by atoms with Crippen LogP contribution in [0.5, 0.6) is 0 Å². The van der Waals surface area contributed by atoms with E-state index in [0.717, 1.165) is 43.0 Å². The van der Waals surface area contributed by atoms with E-state index < -0.39 is 5.60 Å². The second-order valence-corrected chi connectivity index (χ2v) is 9.64. The number of hydrogen-bond donors (Lipinski definition) is 1. The highest BCUT2D eigenvalue weighted by Gasteiger charge is 2.63. The Balaban J connectivity index is 1.33. The van der Waals surface area contributed by atoms with E-state index in [2.05, 4.69) is 61.3 Å². The number of fused-ring (bicyclic) bond motifs is 2. The second-order valence-electron chi connectivity index (χ2n) is 9.64. The van der Waals surface area contributed by atoms with E-state index in [0.29, 0.717) is 12.5 Å². The van der Waals surface area contributed by atoms with Gasteiger partial charge in [0.1, 0.15) is 5.60 Å². The van der Waals surface area contributed by atoms with Gasteiger partial charge in [-0.2, -0.15) is 0 Å². The van der Waals surface area contributed by atoms with Crippen LogP contribution < -0.4 is 4.90 Å². The zero-order valence-corrected chi connectivity index (χ0v) is 17.6. The van der Waals surface area contributed by atoms with Gasteiger partial charge in [-0.05, 0) is 42.9 Å². The smallest absolute Gasteiger partial charge is 0.183 e. The minimum absolute atomic E-state index is 0.125. The van der Waals surface area contributed by atoms with Crippen LogP contribution >= 0.6 is 0 Å². The number of rotatable bonds is 4. The monoisotopic (exact) mass is 404 g/mol. The average Bonchev–Trinajstić information content (AvgIpc) is 3.51. The summed E-state index contributed by atoms with van der Waals surface area (Å²) in [5.41, 5.74) is 4.25. The summed E-state index contributed by atoms with van der Waals surface area (Å²) in [4.78, 5) is 7.30. The minimum atomic E-state index is -0.489. The Morgan fingerprint density at radius 3 is 2.87 bits per heavy atom. The molecule has 4 atom stereocenters. The lowest BCUT2D eigenvalue weighted by Gasteiger charge is -2.41. The summed E-state index contributed by atoms with van der Waals surface area (Å²) in [5, 5.41) is 14.6. The van der Waals surface area contributed by atoms with Crippen molar-refractivity contribution < 1.29 is 9.84 Å². The Bertz CT molecular complexity index is 1110. The highest BCUT2D eigenvalue weighted by atomic mass is 16.5. The third-order valence-corrected chi connectivity index (χ3v) is 7.78. The molecule has 1 saturated carbocycles. The highest BCUT2D eigenvalue weighted by Crippen LogP contribution is 2.58. The van der Waals surface area contributed by atoms with Gasteiger partial charge in [-0.3, -0.25) is 0 Å². The van der Waals surface area contributed by atoms with Crippen LogP contribution in [0.4, 0.5) is 5.69 Å². The first-order chi connectivity index (χ1) is 14.5. The van der Waals surface area contributed by atoms with Crippen molar-refractivity contribution in [2.45, 2.75) is 37.7 Å². The van der Waals surface area contributed by atoms with Gasteiger partial charge in [-0.15, -0.1) is 5.10 Å². The van der Waals surface area contributed by atoms with Crippen molar-refractivity contribution >= 4 is 11.3 Å². The second kappa shape index (κ2) is 6.28. The maximum absolute atomic E-state index is 9.80. The Hall–Kier alpha value is -2.44. The van der Waals surface area contributed by atoms with Crippen LogP contribution in [0.3, 0.4) is 0 Å². The molecule has 1 N–H and O–H groups in total. The summed E-state index contributed by atoms with van der Waals surface area (Å²) in [7, 11) is 0. The van der Waals surface area contributed by atoms with Crippen LogP contribution in [-0.4, -0.2) is 46.0 Å². The van der Waals surface area contributed by atoms with Gasteiger partial charge in [0.05, 0.1) is 18.5 Å². The molecule has 4 aliphatic rings. The molecule has 3 aromatic rings. The molecular weight excluding hydrogens is 376 g/mol. The molecule has 7 rings (SSSR count). The summed E-state index contributed by atoms with van der Waals surface area (Å²) in [6.07, 6.45) is 4.15. The molecule has 3 unspecified atom stereocenters. The third kappa shape index (κ3) is 2.44. The van der Waals surface area contributed by atoms with Gasteiger partial charge in [0.15, 0.2) is 11.5 Å². The van der Waals surface area contributed by atoms with Crippen LogP contribution in [0.15, 0.2) is 42.6 Å². The molecule has 3 saturated heterocycles. The Morgan fingerprint density at radius 2 is 2.10 bits per heavy atom. The number of anilines is 1. The predicted molar refractivity (Wildman–Crippen MR) is 115 cm³/mol. The fourth-order valence-electron chi connectivity index (χ4n) is 5.86. The Labute approximate surface area is 176 Å². The number of pyridine rings is 1. The number of aliphatic hydroxyl groups is 1. The molecule has 1 aromatic carbocycles. The lowest BCUT2D eigenvalue weighted by atomic mass is 9.64. The van der Waals surface area contributed by atoms with E-state index in [1.54, 1.807) is 0 Å². The summed E-state index contributed by atoms with van der Waals surface area (Å²) < 4.78 is 7.98. The zero-order valence-electron chi connectivity index (χ0n) is 17.6. The molecule has 2 bridgehead atoms. The Kier molecular flexibility index (Phi) is 3.84. The van der Waals surface area contributed by atoms with E-state index in [9.17, 15) is 5.11 Å². The molecular formula is C24H28N4O2. The van der Waals surface area contributed by atoms with E-state index in [4.69, 9.17) is 14.8 Å². The van der Waals surface area contributed by atoms with E-state index >= 15 is 0 Å². The predicted octanol–water partition coefficient (Wildman–Crippen LogP) is 3.06. The molecule has 2 aromatic heterocycles. The molecule has 0 spiro atoms. The molecule has 3 aliphatic heterocycles. The number of aromatic nitrogens is 3. The van der Waals surface area contributed by atoms with Crippen LogP contribution in [-0.2, 0) is 15.8 Å². The molecule has 1 aliphatic carbocycles. The Morgan fingerprint density at radius 1 is 1.27 bits per heavy atom. The summed E-state index contributed by atoms with van der Waals surface area (Å²) in [6, 6.07) is 13.1. The van der Waals surface area contributed by atoms with Crippen molar-refractivity contribution in [3.63, 3.8) is 0 Å². The van der Waals surface area contributed by atoms with Gasteiger partial charge in [0.25, 0.3) is 0 Å². The number of nitrogens with zero attached hydrogens (tertiary/aromatic N) is 4. The number of hydrogen-bond acceptors (Lipinski definition) is 5. The first-order valence-corrected chi connectivity index (χ1v) is 11.0. The molecule has 4 fully saturated rings. The van der Waals surface area contributed by atoms with E-state index in [1.165, 1.54) is 11.3 Å². The third-order valence-electron chi connectivity index (χ3n) is 7.78. The topological polar surface area (TPSA) is 62.9 Å².